The molecule has 1 N–H and O–H groups in total. The molecule has 0 saturated carbocycles. The zero-order chi connectivity index (χ0) is 17.3. The van der Waals surface area contributed by atoms with Gasteiger partial charge in [-0.15, -0.1) is 0 Å². The van der Waals surface area contributed by atoms with Crippen molar-refractivity contribution in [1.29, 1.82) is 0 Å². The van der Waals surface area contributed by atoms with E-state index in [1.807, 2.05) is 37.3 Å². The standard InChI is InChI=1S/C17H13NO4S2/c1-10-4-2-3-5-12(10)13-7-6-11(22-13)8-14-16(21)18(9-15(19)20)17(23)24-14/h2-8H,9H2,1H3,(H,19,20). The number of hydrogen-bond donors (Lipinski definition) is 1. The fraction of sp³-hybridized carbons (Fsp3) is 0.118. The van der Waals surface area contributed by atoms with E-state index in [0.29, 0.717) is 16.4 Å². The Labute approximate surface area is 148 Å². The first-order chi connectivity index (χ1) is 11.5. The highest BCUT2D eigenvalue weighted by atomic mass is 32.2. The number of carboxylic acid groups (broad SMARTS) is 1. The highest BCUT2D eigenvalue weighted by molar-refractivity contribution is 8.26. The predicted octanol–water partition coefficient (Wildman–Crippen LogP) is 3.54. The number of nitrogens with zero attached hydrogens (tertiary/aromatic N) is 1. The molecule has 1 aliphatic heterocycles. The van der Waals surface area contributed by atoms with Crippen LogP contribution in [0.15, 0.2) is 45.7 Å². The van der Waals surface area contributed by atoms with Crippen LogP contribution < -0.4 is 0 Å². The number of rotatable bonds is 4. The van der Waals surface area contributed by atoms with Gasteiger partial charge in [0.1, 0.15) is 22.4 Å². The smallest absolute Gasteiger partial charge is 0.323 e. The first kappa shape index (κ1) is 16.5. The maximum absolute atomic E-state index is 12.2. The summed E-state index contributed by atoms with van der Waals surface area (Å²) in [7, 11) is 0. The van der Waals surface area contributed by atoms with E-state index in [9.17, 15) is 9.59 Å². The Kier molecular flexibility index (Phi) is 4.55. The molecule has 5 nitrogen and oxygen atoms in total. The number of aliphatic carboxylic acids is 1. The van der Waals surface area contributed by atoms with Crippen LogP contribution in [0, 0.1) is 6.92 Å². The molecule has 0 spiro atoms. The fourth-order valence-corrected chi connectivity index (χ4v) is 3.56. The van der Waals surface area contributed by atoms with Crippen LogP contribution in [0.1, 0.15) is 11.3 Å². The molecule has 2 aromatic rings. The number of thiocarbonyl (C=S) groups is 1. The second-order valence-corrected chi connectivity index (χ2v) is 6.85. The lowest BCUT2D eigenvalue weighted by Crippen LogP contribution is -2.33. The summed E-state index contributed by atoms with van der Waals surface area (Å²) < 4.78 is 6.03. The Balaban J connectivity index is 1.85. The van der Waals surface area contributed by atoms with Crippen molar-refractivity contribution in [2.45, 2.75) is 6.92 Å². The van der Waals surface area contributed by atoms with Gasteiger partial charge in [-0.25, -0.2) is 0 Å². The van der Waals surface area contributed by atoms with Crippen LogP contribution in [0.3, 0.4) is 0 Å². The molecule has 0 atom stereocenters. The number of furan rings is 1. The summed E-state index contributed by atoms with van der Waals surface area (Å²) in [4.78, 5) is 24.5. The van der Waals surface area contributed by atoms with Crippen molar-refractivity contribution in [1.82, 2.24) is 4.90 Å². The van der Waals surface area contributed by atoms with Gasteiger partial charge >= 0.3 is 5.97 Å². The van der Waals surface area contributed by atoms with Crippen molar-refractivity contribution in [3.05, 3.63) is 52.6 Å². The van der Waals surface area contributed by atoms with Crippen molar-refractivity contribution in [2.75, 3.05) is 6.54 Å². The summed E-state index contributed by atoms with van der Waals surface area (Å²) in [6.45, 7) is 1.56. The number of hydrogen-bond acceptors (Lipinski definition) is 5. The molecular formula is C17H13NO4S2. The highest BCUT2D eigenvalue weighted by Gasteiger charge is 2.33. The van der Waals surface area contributed by atoms with Crippen LogP contribution in [0.5, 0.6) is 0 Å². The van der Waals surface area contributed by atoms with Gasteiger partial charge in [0, 0.05) is 11.6 Å². The third-order valence-electron chi connectivity index (χ3n) is 3.48. The molecule has 1 saturated heterocycles. The van der Waals surface area contributed by atoms with E-state index in [1.54, 1.807) is 12.1 Å². The van der Waals surface area contributed by atoms with Crippen molar-refractivity contribution in [3.8, 4) is 11.3 Å². The van der Waals surface area contributed by atoms with Gasteiger partial charge in [-0.2, -0.15) is 0 Å². The Bertz CT molecular complexity index is 869. The van der Waals surface area contributed by atoms with Gasteiger partial charge in [-0.3, -0.25) is 14.5 Å². The summed E-state index contributed by atoms with van der Waals surface area (Å²) in [5.41, 5.74) is 2.07. The van der Waals surface area contributed by atoms with E-state index in [1.165, 1.54) is 0 Å². The minimum Gasteiger partial charge on any atom is -0.480 e. The minimum atomic E-state index is -1.10. The van der Waals surface area contributed by atoms with Gasteiger partial charge in [0.25, 0.3) is 5.91 Å². The molecule has 122 valence electrons. The summed E-state index contributed by atoms with van der Waals surface area (Å²) in [5, 5.41) is 8.84. The fourth-order valence-electron chi connectivity index (χ4n) is 2.33. The Morgan fingerprint density at radius 2 is 2.08 bits per heavy atom. The summed E-state index contributed by atoms with van der Waals surface area (Å²) >= 11 is 6.13. The third-order valence-corrected chi connectivity index (χ3v) is 4.86. The largest absolute Gasteiger partial charge is 0.480 e. The van der Waals surface area contributed by atoms with E-state index in [-0.39, 0.29) is 4.32 Å². The molecule has 0 unspecified atom stereocenters. The Morgan fingerprint density at radius 1 is 1.33 bits per heavy atom. The van der Waals surface area contributed by atoms with Crippen molar-refractivity contribution in [2.24, 2.45) is 0 Å². The monoisotopic (exact) mass is 359 g/mol. The molecule has 1 amide bonds. The number of carboxylic acids is 1. The van der Waals surface area contributed by atoms with E-state index in [2.05, 4.69) is 0 Å². The molecule has 3 rings (SSSR count). The molecule has 0 radical (unpaired) electrons. The average Bonchev–Trinajstić information content (AvgIpc) is 3.08. The van der Waals surface area contributed by atoms with Crippen LogP contribution in [-0.2, 0) is 9.59 Å². The number of amides is 1. The van der Waals surface area contributed by atoms with Gasteiger partial charge in [-0.1, -0.05) is 48.2 Å². The molecule has 1 aromatic heterocycles. The second kappa shape index (κ2) is 6.62. The number of carbonyl (C=O) groups excluding carboxylic acids is 1. The zero-order valence-electron chi connectivity index (χ0n) is 12.7. The molecule has 0 aliphatic carbocycles. The quantitative estimate of drug-likeness (QED) is 0.665. The van der Waals surface area contributed by atoms with Crippen molar-refractivity contribution < 1.29 is 19.1 Å². The Morgan fingerprint density at radius 3 is 2.79 bits per heavy atom. The Hall–Kier alpha value is -2.38. The molecule has 1 aromatic carbocycles. The van der Waals surface area contributed by atoms with Gasteiger partial charge < -0.3 is 9.52 Å². The number of thioether (sulfide) groups is 1. The van der Waals surface area contributed by atoms with Crippen molar-refractivity contribution >= 4 is 46.3 Å². The van der Waals surface area contributed by atoms with E-state index in [4.69, 9.17) is 21.7 Å². The van der Waals surface area contributed by atoms with Gasteiger partial charge in [0.2, 0.25) is 0 Å². The lowest BCUT2D eigenvalue weighted by molar-refractivity contribution is -0.140. The third kappa shape index (κ3) is 3.27. The summed E-state index contributed by atoms with van der Waals surface area (Å²) in [6, 6.07) is 11.5. The summed E-state index contributed by atoms with van der Waals surface area (Å²) in [5.74, 6) is -0.293. The maximum Gasteiger partial charge on any atom is 0.323 e. The van der Waals surface area contributed by atoms with Crippen LogP contribution in [0.4, 0.5) is 0 Å². The molecule has 1 fully saturated rings. The molecule has 1 aliphatic rings. The zero-order valence-corrected chi connectivity index (χ0v) is 14.3. The second-order valence-electron chi connectivity index (χ2n) is 5.18. The SMILES string of the molecule is Cc1ccccc1-c1ccc(C=C2SC(=S)N(CC(=O)O)C2=O)o1. The maximum atomic E-state index is 12.2. The van der Waals surface area contributed by atoms with E-state index >= 15 is 0 Å². The highest BCUT2D eigenvalue weighted by Crippen LogP contribution is 2.33. The van der Waals surface area contributed by atoms with Crippen molar-refractivity contribution in [3.63, 3.8) is 0 Å². The lowest BCUT2D eigenvalue weighted by atomic mass is 10.1. The lowest BCUT2D eigenvalue weighted by Gasteiger charge is -2.09. The predicted molar refractivity (Wildman–Crippen MR) is 96.4 cm³/mol. The van der Waals surface area contributed by atoms with Gasteiger partial charge in [0.15, 0.2) is 0 Å². The minimum absolute atomic E-state index is 0.235. The van der Waals surface area contributed by atoms with E-state index < -0.39 is 18.4 Å². The average molecular weight is 359 g/mol. The first-order valence-electron chi connectivity index (χ1n) is 7.08. The van der Waals surface area contributed by atoms with Gasteiger partial charge in [0.05, 0.1) is 4.91 Å². The summed E-state index contributed by atoms with van der Waals surface area (Å²) in [6.07, 6.45) is 1.59. The van der Waals surface area contributed by atoms with Crippen LogP contribution in [-0.4, -0.2) is 32.7 Å². The molecular weight excluding hydrogens is 346 g/mol. The van der Waals surface area contributed by atoms with Crippen LogP contribution in [0.25, 0.3) is 17.4 Å². The van der Waals surface area contributed by atoms with E-state index in [0.717, 1.165) is 27.8 Å². The molecule has 24 heavy (non-hydrogen) atoms. The first-order valence-corrected chi connectivity index (χ1v) is 8.31. The molecule has 2 heterocycles. The number of aryl methyl sites for hydroxylation is 1. The van der Waals surface area contributed by atoms with Crippen LogP contribution >= 0.6 is 24.0 Å². The molecule has 7 heteroatoms. The van der Waals surface area contributed by atoms with Gasteiger partial charge in [-0.05, 0) is 24.6 Å². The van der Waals surface area contributed by atoms with Crippen LogP contribution in [0.2, 0.25) is 0 Å². The number of carbonyl (C=O) groups is 2. The topological polar surface area (TPSA) is 70.8 Å². The molecule has 0 bridgehead atoms. The normalized spacial score (nSPS) is 16.2. The number of benzene rings is 1.